The molecule has 0 bridgehead atoms. The molecule has 0 aliphatic carbocycles. The molecule has 0 radical (unpaired) electrons. The normalized spacial score (nSPS) is 10.8. The van der Waals surface area contributed by atoms with E-state index in [9.17, 15) is 4.79 Å². The molecular formula is C14H9Cl2N3OS2. The van der Waals surface area contributed by atoms with Crippen molar-refractivity contribution >= 4 is 68.1 Å². The molecule has 4 nitrogen and oxygen atoms in total. The number of amides is 1. The van der Waals surface area contributed by atoms with Gasteiger partial charge in [-0.25, -0.2) is 9.97 Å². The third-order valence-electron chi connectivity index (χ3n) is 2.78. The molecular weight excluding hydrogens is 361 g/mol. The van der Waals surface area contributed by atoms with Crippen LogP contribution in [0.4, 0.5) is 5.69 Å². The van der Waals surface area contributed by atoms with Gasteiger partial charge in [-0.05, 0) is 23.6 Å². The molecule has 0 saturated carbocycles. The standard InChI is InChI=1S/C14H9Cl2N3OS2/c15-8-2-1-3-9(16)12(8)19-11(20)6-22-14-13-10(4-5-21-13)17-7-18-14/h1-5,7H,6H2,(H,19,20). The Labute approximate surface area is 144 Å². The van der Waals surface area contributed by atoms with Crippen LogP contribution in [0.2, 0.25) is 10.0 Å². The molecule has 0 fully saturated rings. The van der Waals surface area contributed by atoms with Gasteiger partial charge in [0.1, 0.15) is 11.4 Å². The Bertz CT molecular complexity index is 818. The van der Waals surface area contributed by atoms with Crippen LogP contribution >= 0.6 is 46.3 Å². The molecule has 8 heteroatoms. The molecule has 1 N–H and O–H groups in total. The minimum absolute atomic E-state index is 0.191. The topological polar surface area (TPSA) is 54.9 Å². The van der Waals surface area contributed by atoms with Crippen molar-refractivity contribution in [3.63, 3.8) is 0 Å². The summed E-state index contributed by atoms with van der Waals surface area (Å²) in [6.45, 7) is 0. The Morgan fingerprint density at radius 1 is 1.23 bits per heavy atom. The number of carbonyl (C=O) groups is 1. The van der Waals surface area contributed by atoms with Crippen molar-refractivity contribution in [1.82, 2.24) is 9.97 Å². The average molecular weight is 370 g/mol. The highest BCUT2D eigenvalue weighted by atomic mass is 35.5. The van der Waals surface area contributed by atoms with Crippen LogP contribution in [-0.4, -0.2) is 21.6 Å². The predicted octanol–water partition coefficient (Wildman–Crippen LogP) is 4.73. The molecule has 0 saturated heterocycles. The van der Waals surface area contributed by atoms with Crippen LogP contribution in [0.15, 0.2) is 41.0 Å². The second-order valence-corrected chi connectivity index (χ2v) is 6.94. The van der Waals surface area contributed by atoms with Crippen molar-refractivity contribution < 1.29 is 4.79 Å². The first-order valence-corrected chi connectivity index (χ1v) is 8.82. The van der Waals surface area contributed by atoms with Crippen molar-refractivity contribution in [2.45, 2.75) is 5.03 Å². The Hall–Kier alpha value is -1.34. The molecule has 2 heterocycles. The number of benzene rings is 1. The quantitative estimate of drug-likeness (QED) is 0.533. The number of halogens is 2. The fourth-order valence-electron chi connectivity index (χ4n) is 1.80. The summed E-state index contributed by atoms with van der Waals surface area (Å²) in [5, 5.41) is 6.29. The van der Waals surface area contributed by atoms with Gasteiger partial charge in [0, 0.05) is 0 Å². The number of para-hydroxylation sites is 1. The van der Waals surface area contributed by atoms with Gasteiger partial charge in [-0.2, -0.15) is 0 Å². The van der Waals surface area contributed by atoms with E-state index in [2.05, 4.69) is 15.3 Å². The molecule has 0 spiro atoms. The van der Waals surface area contributed by atoms with Gasteiger partial charge >= 0.3 is 0 Å². The van der Waals surface area contributed by atoms with E-state index in [0.717, 1.165) is 15.2 Å². The molecule has 3 aromatic rings. The van der Waals surface area contributed by atoms with Gasteiger partial charge < -0.3 is 5.32 Å². The van der Waals surface area contributed by atoms with E-state index in [-0.39, 0.29) is 11.7 Å². The van der Waals surface area contributed by atoms with Gasteiger partial charge in [0.2, 0.25) is 5.91 Å². The molecule has 1 aromatic carbocycles. The second-order valence-electron chi connectivity index (χ2n) is 4.25. The Morgan fingerprint density at radius 2 is 2.00 bits per heavy atom. The van der Waals surface area contributed by atoms with Crippen LogP contribution in [0.3, 0.4) is 0 Å². The molecule has 0 aliphatic rings. The van der Waals surface area contributed by atoms with Gasteiger partial charge in [0.15, 0.2) is 0 Å². The number of hydrogen-bond donors (Lipinski definition) is 1. The minimum Gasteiger partial charge on any atom is -0.323 e. The molecule has 2 aromatic heterocycles. The van der Waals surface area contributed by atoms with Crippen molar-refractivity contribution in [2.24, 2.45) is 0 Å². The first kappa shape index (κ1) is 15.6. The number of rotatable bonds is 4. The summed E-state index contributed by atoms with van der Waals surface area (Å²) < 4.78 is 0.982. The summed E-state index contributed by atoms with van der Waals surface area (Å²) in [6.07, 6.45) is 1.50. The summed E-state index contributed by atoms with van der Waals surface area (Å²) >= 11 is 15.0. The van der Waals surface area contributed by atoms with E-state index in [0.29, 0.717) is 15.7 Å². The molecule has 22 heavy (non-hydrogen) atoms. The Kier molecular flexibility index (Phi) is 4.83. The lowest BCUT2D eigenvalue weighted by molar-refractivity contribution is -0.113. The summed E-state index contributed by atoms with van der Waals surface area (Å²) in [5.74, 6) is 0.0225. The molecule has 1 amide bonds. The molecule has 0 unspecified atom stereocenters. The number of fused-ring (bicyclic) bond motifs is 1. The van der Waals surface area contributed by atoms with Crippen molar-refractivity contribution in [3.8, 4) is 0 Å². The number of carbonyl (C=O) groups excluding carboxylic acids is 1. The van der Waals surface area contributed by atoms with Gasteiger partial charge in [-0.15, -0.1) is 11.3 Å². The van der Waals surface area contributed by atoms with E-state index in [4.69, 9.17) is 23.2 Å². The van der Waals surface area contributed by atoms with E-state index in [1.165, 1.54) is 18.1 Å². The van der Waals surface area contributed by atoms with Crippen molar-refractivity contribution in [1.29, 1.82) is 0 Å². The van der Waals surface area contributed by atoms with Gasteiger partial charge in [0.05, 0.1) is 31.7 Å². The maximum absolute atomic E-state index is 12.1. The summed E-state index contributed by atoms with van der Waals surface area (Å²) in [6, 6.07) is 7.00. The van der Waals surface area contributed by atoms with Crippen molar-refractivity contribution in [2.75, 3.05) is 11.1 Å². The number of aromatic nitrogens is 2. The van der Waals surface area contributed by atoms with E-state index in [1.807, 2.05) is 11.4 Å². The summed E-state index contributed by atoms with van der Waals surface area (Å²) in [4.78, 5) is 20.5. The lowest BCUT2D eigenvalue weighted by Gasteiger charge is -2.08. The second kappa shape index (κ2) is 6.83. The zero-order chi connectivity index (χ0) is 15.5. The number of thiophene rings is 1. The monoisotopic (exact) mass is 369 g/mol. The highest BCUT2D eigenvalue weighted by molar-refractivity contribution is 8.00. The van der Waals surface area contributed by atoms with Crippen LogP contribution in [-0.2, 0) is 4.79 Å². The van der Waals surface area contributed by atoms with Gasteiger partial charge in [0.25, 0.3) is 0 Å². The first-order valence-electron chi connectivity index (χ1n) is 6.20. The van der Waals surface area contributed by atoms with E-state index < -0.39 is 0 Å². The molecule has 3 rings (SSSR count). The predicted molar refractivity (Wildman–Crippen MR) is 93.2 cm³/mol. The highest BCUT2D eigenvalue weighted by Gasteiger charge is 2.12. The Balaban J connectivity index is 1.69. The smallest absolute Gasteiger partial charge is 0.234 e. The average Bonchev–Trinajstić information content (AvgIpc) is 2.98. The van der Waals surface area contributed by atoms with E-state index >= 15 is 0 Å². The minimum atomic E-state index is -0.191. The number of hydrogen-bond acceptors (Lipinski definition) is 5. The Morgan fingerprint density at radius 3 is 2.77 bits per heavy atom. The zero-order valence-corrected chi connectivity index (χ0v) is 14.2. The maximum Gasteiger partial charge on any atom is 0.234 e. The zero-order valence-electron chi connectivity index (χ0n) is 11.0. The van der Waals surface area contributed by atoms with Crippen LogP contribution in [0.25, 0.3) is 10.2 Å². The first-order chi connectivity index (χ1) is 10.6. The highest BCUT2D eigenvalue weighted by Crippen LogP contribution is 2.31. The lowest BCUT2D eigenvalue weighted by Crippen LogP contribution is -2.14. The fourth-order valence-corrected chi connectivity index (χ4v) is 4.03. The van der Waals surface area contributed by atoms with E-state index in [1.54, 1.807) is 29.5 Å². The van der Waals surface area contributed by atoms with Crippen LogP contribution in [0.1, 0.15) is 0 Å². The van der Waals surface area contributed by atoms with Crippen LogP contribution in [0, 0.1) is 0 Å². The van der Waals surface area contributed by atoms with Crippen LogP contribution in [0.5, 0.6) is 0 Å². The maximum atomic E-state index is 12.1. The SMILES string of the molecule is O=C(CSc1ncnc2ccsc12)Nc1c(Cl)cccc1Cl. The van der Waals surface area contributed by atoms with Crippen LogP contribution < -0.4 is 5.32 Å². The molecule has 112 valence electrons. The van der Waals surface area contributed by atoms with Gasteiger partial charge in [-0.1, -0.05) is 41.0 Å². The number of thioether (sulfide) groups is 1. The number of nitrogens with one attached hydrogen (secondary N) is 1. The lowest BCUT2D eigenvalue weighted by atomic mass is 10.3. The summed E-state index contributed by atoms with van der Waals surface area (Å²) in [5.41, 5.74) is 1.32. The molecule has 0 atom stereocenters. The number of nitrogens with zero attached hydrogens (tertiary/aromatic N) is 2. The third-order valence-corrected chi connectivity index (χ3v) is 5.44. The largest absolute Gasteiger partial charge is 0.323 e. The number of anilines is 1. The third kappa shape index (κ3) is 3.35. The van der Waals surface area contributed by atoms with Crippen molar-refractivity contribution in [3.05, 3.63) is 46.0 Å². The fraction of sp³-hybridized carbons (Fsp3) is 0.0714. The van der Waals surface area contributed by atoms with Gasteiger partial charge in [-0.3, -0.25) is 4.79 Å². The molecule has 0 aliphatic heterocycles. The summed E-state index contributed by atoms with van der Waals surface area (Å²) in [7, 11) is 0.